The van der Waals surface area contributed by atoms with E-state index in [1.165, 1.54) is 0 Å². The van der Waals surface area contributed by atoms with E-state index in [0.717, 1.165) is 38.1 Å². The number of hydrogen-bond donors (Lipinski definition) is 1. The van der Waals surface area contributed by atoms with Crippen LogP contribution in [0.1, 0.15) is 17.1 Å². The summed E-state index contributed by atoms with van der Waals surface area (Å²) in [4.78, 5) is 7.66. The van der Waals surface area contributed by atoms with Crippen LogP contribution in [0.5, 0.6) is 5.75 Å². The number of imidazole rings is 1. The second-order valence-corrected chi connectivity index (χ2v) is 7.18. The van der Waals surface area contributed by atoms with Crippen LogP contribution in [0, 0.1) is 18.3 Å². The average Bonchev–Trinajstić information content (AvgIpc) is 3.32. The molecule has 28 heavy (non-hydrogen) atoms. The molecular formula is C22H16BrN3O2. The summed E-state index contributed by atoms with van der Waals surface area (Å²) in [5, 5.41) is 9.61. The number of aryl methyl sites for hydroxylation is 1. The minimum Gasteiger partial charge on any atom is -0.497 e. The van der Waals surface area contributed by atoms with Gasteiger partial charge in [-0.15, -0.1) is 0 Å². The lowest BCUT2D eigenvalue weighted by Gasteiger charge is -2.02. The lowest BCUT2D eigenvalue weighted by atomic mass is 10.1. The third kappa shape index (κ3) is 3.45. The molecule has 1 N–H and O–H groups in total. The van der Waals surface area contributed by atoms with E-state index in [4.69, 9.17) is 9.15 Å². The minimum absolute atomic E-state index is 0.388. The monoisotopic (exact) mass is 433 g/mol. The maximum Gasteiger partial charge on any atom is 0.149 e. The van der Waals surface area contributed by atoms with Gasteiger partial charge in [0.25, 0.3) is 0 Å². The van der Waals surface area contributed by atoms with Crippen LogP contribution >= 0.6 is 15.9 Å². The molecule has 0 aliphatic rings. The number of allylic oxidation sites excluding steroid dienone is 1. The van der Waals surface area contributed by atoms with Crippen molar-refractivity contribution >= 4 is 38.6 Å². The normalized spacial score (nSPS) is 11.6. The first-order valence-electron chi connectivity index (χ1n) is 8.59. The molecule has 0 radical (unpaired) electrons. The number of benzene rings is 2. The van der Waals surface area contributed by atoms with Crippen LogP contribution in [0.15, 0.2) is 57.4 Å². The minimum atomic E-state index is 0.388. The molecule has 2 aromatic carbocycles. The Kier molecular flexibility index (Phi) is 4.76. The highest BCUT2D eigenvalue weighted by Crippen LogP contribution is 2.31. The Bertz CT molecular complexity index is 1240. The van der Waals surface area contributed by atoms with Gasteiger partial charge in [0.1, 0.15) is 29.2 Å². The molecule has 0 saturated heterocycles. The van der Waals surface area contributed by atoms with Gasteiger partial charge in [-0.1, -0.05) is 22.0 Å². The number of hydrogen-bond acceptors (Lipinski definition) is 4. The van der Waals surface area contributed by atoms with Crippen molar-refractivity contribution in [1.29, 1.82) is 5.26 Å². The molecule has 0 saturated carbocycles. The van der Waals surface area contributed by atoms with Gasteiger partial charge >= 0.3 is 0 Å². The molecule has 5 nitrogen and oxygen atoms in total. The van der Waals surface area contributed by atoms with E-state index in [1.54, 1.807) is 13.2 Å². The Morgan fingerprint density at radius 2 is 2.07 bits per heavy atom. The van der Waals surface area contributed by atoms with Crippen molar-refractivity contribution in [2.24, 2.45) is 0 Å². The zero-order valence-electron chi connectivity index (χ0n) is 15.3. The number of aromatic amines is 1. The van der Waals surface area contributed by atoms with E-state index in [0.29, 0.717) is 17.2 Å². The third-order valence-electron chi connectivity index (χ3n) is 4.37. The number of ether oxygens (including phenoxy) is 1. The lowest BCUT2D eigenvalue weighted by molar-refractivity contribution is 0.415. The van der Waals surface area contributed by atoms with Crippen LogP contribution < -0.4 is 4.74 Å². The van der Waals surface area contributed by atoms with Crippen molar-refractivity contribution in [3.63, 3.8) is 0 Å². The van der Waals surface area contributed by atoms with Crippen LogP contribution in [0.4, 0.5) is 0 Å². The predicted molar refractivity (Wildman–Crippen MR) is 113 cm³/mol. The van der Waals surface area contributed by atoms with Crippen molar-refractivity contribution in [3.05, 3.63) is 70.2 Å². The van der Waals surface area contributed by atoms with Gasteiger partial charge in [-0.05, 0) is 48.9 Å². The molecule has 138 valence electrons. The fourth-order valence-corrected chi connectivity index (χ4v) is 3.62. The standard InChI is InChI=1S/C22H16BrN3O2/c1-13-3-6-17(18(23)9-13)21-8-5-16(28-21)10-14(12-24)22-25-19-7-4-15(27-2)11-20(19)26-22/h3-11H,1-2H3,(H,25,26)/b14-10+. The van der Waals surface area contributed by atoms with E-state index < -0.39 is 0 Å². The fraction of sp³-hybridized carbons (Fsp3) is 0.0909. The summed E-state index contributed by atoms with van der Waals surface area (Å²) in [6.45, 7) is 2.03. The highest BCUT2D eigenvalue weighted by molar-refractivity contribution is 9.10. The number of nitrogens with one attached hydrogen (secondary N) is 1. The van der Waals surface area contributed by atoms with Crippen LogP contribution in [-0.4, -0.2) is 17.1 Å². The van der Waals surface area contributed by atoms with Crippen LogP contribution in [-0.2, 0) is 0 Å². The van der Waals surface area contributed by atoms with Crippen LogP contribution in [0.3, 0.4) is 0 Å². The molecule has 0 aliphatic carbocycles. The lowest BCUT2D eigenvalue weighted by Crippen LogP contribution is -1.84. The summed E-state index contributed by atoms with van der Waals surface area (Å²) in [6, 6.07) is 17.5. The number of halogens is 1. The third-order valence-corrected chi connectivity index (χ3v) is 5.02. The summed E-state index contributed by atoms with van der Waals surface area (Å²) in [5.41, 5.74) is 4.08. The van der Waals surface area contributed by atoms with Gasteiger partial charge in [0.15, 0.2) is 0 Å². The molecule has 6 heteroatoms. The summed E-state index contributed by atoms with van der Waals surface area (Å²) >= 11 is 3.57. The number of H-pyrrole nitrogens is 1. The summed E-state index contributed by atoms with van der Waals surface area (Å²) in [6.07, 6.45) is 1.68. The Balaban J connectivity index is 1.69. The average molecular weight is 434 g/mol. The molecular weight excluding hydrogens is 418 g/mol. The Morgan fingerprint density at radius 1 is 1.21 bits per heavy atom. The second-order valence-electron chi connectivity index (χ2n) is 6.32. The fourth-order valence-electron chi connectivity index (χ4n) is 2.93. The maximum atomic E-state index is 9.61. The highest BCUT2D eigenvalue weighted by Gasteiger charge is 2.12. The number of methoxy groups -OCH3 is 1. The number of aromatic nitrogens is 2. The topological polar surface area (TPSA) is 74.8 Å². The Labute approximate surface area is 170 Å². The number of nitriles is 1. The van der Waals surface area contributed by atoms with Gasteiger partial charge in [-0.2, -0.15) is 5.26 Å². The van der Waals surface area contributed by atoms with Gasteiger partial charge in [0, 0.05) is 22.2 Å². The maximum absolute atomic E-state index is 9.61. The van der Waals surface area contributed by atoms with E-state index >= 15 is 0 Å². The van der Waals surface area contributed by atoms with Crippen molar-refractivity contribution in [3.8, 4) is 23.1 Å². The molecule has 2 heterocycles. The second kappa shape index (κ2) is 7.37. The molecule has 4 rings (SSSR count). The van der Waals surface area contributed by atoms with Gasteiger partial charge < -0.3 is 14.1 Å². The summed E-state index contributed by atoms with van der Waals surface area (Å²) in [7, 11) is 1.61. The van der Waals surface area contributed by atoms with Gasteiger partial charge in [0.05, 0.1) is 23.7 Å². The Morgan fingerprint density at radius 3 is 2.82 bits per heavy atom. The van der Waals surface area contributed by atoms with E-state index in [-0.39, 0.29) is 0 Å². The Hall–Kier alpha value is -3.30. The quantitative estimate of drug-likeness (QED) is 0.402. The number of furan rings is 1. The van der Waals surface area contributed by atoms with E-state index in [9.17, 15) is 5.26 Å². The van der Waals surface area contributed by atoms with Crippen LogP contribution in [0.25, 0.3) is 34.0 Å². The first-order valence-corrected chi connectivity index (χ1v) is 9.39. The molecule has 2 aromatic heterocycles. The van der Waals surface area contributed by atoms with E-state index in [2.05, 4.69) is 32.0 Å². The number of rotatable bonds is 4. The molecule has 0 spiro atoms. The SMILES string of the molecule is COc1ccc2nc(/C(C#N)=C/c3ccc(-c4ccc(C)cc4Br)o3)[nH]c2c1. The van der Waals surface area contributed by atoms with Gasteiger partial charge in [-0.3, -0.25) is 0 Å². The first-order chi connectivity index (χ1) is 13.6. The zero-order chi connectivity index (χ0) is 19.7. The van der Waals surface area contributed by atoms with Gasteiger partial charge in [-0.25, -0.2) is 4.98 Å². The molecule has 0 bridgehead atoms. The smallest absolute Gasteiger partial charge is 0.149 e. The summed E-state index contributed by atoms with van der Waals surface area (Å²) in [5.74, 6) is 2.52. The molecule has 0 fully saturated rings. The molecule has 0 unspecified atom stereocenters. The van der Waals surface area contributed by atoms with Crippen molar-refractivity contribution in [1.82, 2.24) is 9.97 Å². The summed E-state index contributed by atoms with van der Waals surface area (Å²) < 4.78 is 12.1. The van der Waals surface area contributed by atoms with Gasteiger partial charge in [0.2, 0.25) is 0 Å². The largest absolute Gasteiger partial charge is 0.497 e. The number of nitrogens with zero attached hydrogens (tertiary/aromatic N) is 2. The van der Waals surface area contributed by atoms with E-state index in [1.807, 2.05) is 55.5 Å². The predicted octanol–water partition coefficient (Wildman–Crippen LogP) is 5.97. The van der Waals surface area contributed by atoms with Crippen molar-refractivity contribution < 1.29 is 9.15 Å². The molecule has 0 aliphatic heterocycles. The van der Waals surface area contributed by atoms with Crippen molar-refractivity contribution in [2.45, 2.75) is 6.92 Å². The number of fused-ring (bicyclic) bond motifs is 1. The highest BCUT2D eigenvalue weighted by atomic mass is 79.9. The van der Waals surface area contributed by atoms with Crippen LogP contribution in [0.2, 0.25) is 0 Å². The zero-order valence-corrected chi connectivity index (χ0v) is 16.9. The van der Waals surface area contributed by atoms with Crippen molar-refractivity contribution in [2.75, 3.05) is 7.11 Å². The first kappa shape index (κ1) is 18.1. The molecule has 0 amide bonds. The molecule has 0 atom stereocenters. The molecule has 4 aromatic rings.